The van der Waals surface area contributed by atoms with Gasteiger partial charge in [-0.1, -0.05) is 0 Å². The molecule has 0 N–H and O–H groups in total. The highest BCUT2D eigenvalue weighted by Crippen LogP contribution is 2.33. The van der Waals surface area contributed by atoms with E-state index in [2.05, 4.69) is 0 Å². The second kappa shape index (κ2) is 3.48. The van der Waals surface area contributed by atoms with Gasteiger partial charge >= 0.3 is 0 Å². The van der Waals surface area contributed by atoms with Crippen LogP contribution in [0.5, 0.6) is 0 Å². The van der Waals surface area contributed by atoms with Crippen LogP contribution in [0, 0.1) is 11.6 Å². The minimum atomic E-state index is -0.463. The summed E-state index contributed by atoms with van der Waals surface area (Å²) in [5, 5.41) is 0. The molecule has 0 radical (unpaired) electrons. The molecule has 0 saturated carbocycles. The number of fused-ring (bicyclic) bond motifs is 1. The van der Waals surface area contributed by atoms with Gasteiger partial charge in [0.15, 0.2) is 0 Å². The topological polar surface area (TPSA) is 17.1 Å². The van der Waals surface area contributed by atoms with Gasteiger partial charge in [0.2, 0.25) is 0 Å². The maximum absolute atomic E-state index is 13.4. The van der Waals surface area contributed by atoms with E-state index in [0.717, 1.165) is 18.6 Å². The van der Waals surface area contributed by atoms with Crippen molar-refractivity contribution in [1.29, 1.82) is 0 Å². The lowest BCUT2D eigenvalue weighted by Crippen LogP contribution is -2.14. The van der Waals surface area contributed by atoms with Gasteiger partial charge in [-0.15, -0.1) is 0 Å². The molecule has 0 fully saturated rings. The molecule has 0 saturated heterocycles. The molecule has 1 unspecified atom stereocenters. The lowest BCUT2D eigenvalue weighted by atomic mass is 9.83. The fraction of sp³-hybridized carbons (Fsp3) is 0.364. The summed E-state index contributed by atoms with van der Waals surface area (Å²) in [6.45, 7) is 0. The third-order valence-electron chi connectivity index (χ3n) is 2.72. The zero-order valence-corrected chi connectivity index (χ0v) is 7.59. The first-order valence-electron chi connectivity index (χ1n) is 4.66. The van der Waals surface area contributed by atoms with Crippen LogP contribution in [0.15, 0.2) is 12.1 Å². The van der Waals surface area contributed by atoms with Crippen LogP contribution in [0.2, 0.25) is 0 Å². The highest BCUT2D eigenvalue weighted by atomic mass is 19.1. The number of hydrogen-bond donors (Lipinski definition) is 0. The predicted octanol–water partition coefficient (Wildman–Crippen LogP) is 2.58. The van der Waals surface area contributed by atoms with Crippen LogP contribution < -0.4 is 0 Å². The van der Waals surface area contributed by atoms with Crippen LogP contribution in [0.25, 0.3) is 0 Å². The second-order valence-corrected chi connectivity index (χ2v) is 3.56. The van der Waals surface area contributed by atoms with Crippen molar-refractivity contribution in [3.8, 4) is 0 Å². The Bertz CT molecular complexity index is 374. The Kier molecular flexibility index (Phi) is 2.32. The molecule has 3 heteroatoms. The van der Waals surface area contributed by atoms with E-state index in [1.165, 1.54) is 0 Å². The summed E-state index contributed by atoms with van der Waals surface area (Å²) in [5.41, 5.74) is 0.652. The summed E-state index contributed by atoms with van der Waals surface area (Å²) in [7, 11) is 0. The average molecular weight is 196 g/mol. The third kappa shape index (κ3) is 1.33. The fourth-order valence-corrected chi connectivity index (χ4v) is 2.04. The van der Waals surface area contributed by atoms with E-state index in [-0.39, 0.29) is 5.56 Å². The Balaban J connectivity index is 2.60. The molecular formula is C11H10F2O. The molecule has 0 aliphatic heterocycles. The molecule has 2 rings (SSSR count). The highest BCUT2D eigenvalue weighted by molar-refractivity contribution is 5.64. The van der Waals surface area contributed by atoms with Gasteiger partial charge in [0, 0.05) is 11.5 Å². The summed E-state index contributed by atoms with van der Waals surface area (Å²) in [5.74, 6) is -1.32. The van der Waals surface area contributed by atoms with Gasteiger partial charge in [-0.05, 0) is 37.0 Å². The van der Waals surface area contributed by atoms with Gasteiger partial charge in [0.05, 0.1) is 0 Å². The van der Waals surface area contributed by atoms with Crippen LogP contribution in [-0.2, 0) is 11.2 Å². The molecule has 0 heterocycles. The number of benzene rings is 1. The Hall–Kier alpha value is -1.25. The van der Waals surface area contributed by atoms with Crippen LogP contribution in [0.1, 0.15) is 29.9 Å². The molecular weight excluding hydrogens is 186 g/mol. The van der Waals surface area contributed by atoms with Crippen LogP contribution in [0.4, 0.5) is 8.78 Å². The smallest absolute Gasteiger partial charge is 0.127 e. The molecule has 0 amide bonds. The maximum atomic E-state index is 13.4. The quantitative estimate of drug-likeness (QED) is 0.631. The molecule has 1 atom stereocenters. The largest absolute Gasteiger partial charge is 0.303 e. The van der Waals surface area contributed by atoms with Gasteiger partial charge in [-0.3, -0.25) is 0 Å². The number of rotatable bonds is 1. The molecule has 1 aromatic carbocycles. The Labute approximate surface area is 80.7 Å². The molecule has 0 bridgehead atoms. The van der Waals surface area contributed by atoms with Crippen molar-refractivity contribution >= 4 is 6.29 Å². The van der Waals surface area contributed by atoms with Gasteiger partial charge in [-0.25, -0.2) is 8.78 Å². The summed E-state index contributed by atoms with van der Waals surface area (Å²) in [6, 6.07) is 2.22. The van der Waals surface area contributed by atoms with E-state index < -0.39 is 17.6 Å². The number of hydrogen-bond acceptors (Lipinski definition) is 1. The average Bonchev–Trinajstić information content (AvgIpc) is 2.23. The Morgan fingerprint density at radius 1 is 1.29 bits per heavy atom. The zero-order valence-electron chi connectivity index (χ0n) is 7.59. The summed E-state index contributed by atoms with van der Waals surface area (Å²) < 4.78 is 26.6. The van der Waals surface area contributed by atoms with Crippen molar-refractivity contribution in [1.82, 2.24) is 0 Å². The zero-order chi connectivity index (χ0) is 10.1. The van der Waals surface area contributed by atoms with E-state index in [9.17, 15) is 13.6 Å². The second-order valence-electron chi connectivity index (χ2n) is 3.56. The van der Waals surface area contributed by atoms with Crippen molar-refractivity contribution in [2.24, 2.45) is 0 Å². The lowest BCUT2D eigenvalue weighted by molar-refractivity contribution is -0.109. The van der Waals surface area contributed by atoms with E-state index in [0.29, 0.717) is 24.7 Å². The Morgan fingerprint density at radius 3 is 2.71 bits per heavy atom. The highest BCUT2D eigenvalue weighted by Gasteiger charge is 2.25. The lowest BCUT2D eigenvalue weighted by Gasteiger charge is -2.21. The molecule has 74 valence electrons. The molecule has 1 aromatic rings. The van der Waals surface area contributed by atoms with Gasteiger partial charge in [0.1, 0.15) is 17.9 Å². The minimum Gasteiger partial charge on any atom is -0.303 e. The van der Waals surface area contributed by atoms with Crippen LogP contribution in [0.3, 0.4) is 0 Å². The summed E-state index contributed by atoms with van der Waals surface area (Å²) >= 11 is 0. The molecule has 1 aliphatic carbocycles. The van der Waals surface area contributed by atoms with Crippen molar-refractivity contribution in [2.75, 3.05) is 0 Å². The first kappa shape index (κ1) is 9.31. The molecule has 1 aliphatic rings. The standard InChI is InChI=1S/C11H10F2O/c12-9-4-5-10(13)11-7(6-14)2-1-3-8(9)11/h4-7H,1-3H2. The monoisotopic (exact) mass is 196 g/mol. The molecule has 1 nitrogen and oxygen atoms in total. The summed E-state index contributed by atoms with van der Waals surface area (Å²) in [4.78, 5) is 10.7. The molecule has 0 aromatic heterocycles. The van der Waals surface area contributed by atoms with Gasteiger partial charge in [0.25, 0.3) is 0 Å². The minimum absolute atomic E-state index is 0.270. The van der Waals surface area contributed by atoms with Crippen molar-refractivity contribution in [3.05, 3.63) is 34.9 Å². The number of carbonyl (C=O) groups is 1. The number of halogens is 2. The van der Waals surface area contributed by atoms with Crippen molar-refractivity contribution in [3.63, 3.8) is 0 Å². The SMILES string of the molecule is O=CC1CCCc2c(F)ccc(F)c21. The van der Waals surface area contributed by atoms with Crippen LogP contribution >= 0.6 is 0 Å². The van der Waals surface area contributed by atoms with Crippen molar-refractivity contribution < 1.29 is 13.6 Å². The predicted molar refractivity (Wildman–Crippen MR) is 48.1 cm³/mol. The normalized spacial score (nSPS) is 20.3. The van der Waals surface area contributed by atoms with Gasteiger partial charge in [-0.2, -0.15) is 0 Å². The first-order chi connectivity index (χ1) is 6.74. The maximum Gasteiger partial charge on any atom is 0.127 e. The number of carbonyl (C=O) groups excluding carboxylic acids is 1. The van der Waals surface area contributed by atoms with E-state index in [1.54, 1.807) is 0 Å². The van der Waals surface area contributed by atoms with Crippen molar-refractivity contribution in [2.45, 2.75) is 25.2 Å². The van der Waals surface area contributed by atoms with E-state index in [4.69, 9.17) is 0 Å². The Morgan fingerprint density at radius 2 is 2.00 bits per heavy atom. The van der Waals surface area contributed by atoms with E-state index >= 15 is 0 Å². The first-order valence-corrected chi connectivity index (χ1v) is 4.66. The van der Waals surface area contributed by atoms with Gasteiger partial charge < -0.3 is 4.79 Å². The fourth-order valence-electron chi connectivity index (χ4n) is 2.04. The van der Waals surface area contributed by atoms with Crippen LogP contribution in [-0.4, -0.2) is 6.29 Å². The van der Waals surface area contributed by atoms with E-state index in [1.807, 2.05) is 0 Å². The summed E-state index contributed by atoms with van der Waals surface area (Å²) in [6.07, 6.45) is 2.61. The molecule has 14 heavy (non-hydrogen) atoms. The third-order valence-corrected chi connectivity index (χ3v) is 2.72. The molecule has 0 spiro atoms. The number of aldehydes is 1.